The summed E-state index contributed by atoms with van der Waals surface area (Å²) in [4.78, 5) is 2.23. The Morgan fingerprint density at radius 3 is 3.17 bits per heavy atom. The van der Waals surface area contributed by atoms with Crippen molar-refractivity contribution in [3.63, 3.8) is 0 Å². The van der Waals surface area contributed by atoms with Crippen molar-refractivity contribution in [2.75, 3.05) is 24.5 Å². The van der Waals surface area contributed by atoms with Crippen molar-refractivity contribution < 1.29 is 0 Å². The van der Waals surface area contributed by atoms with Crippen LogP contribution in [0.4, 0.5) is 5.82 Å². The van der Waals surface area contributed by atoms with Crippen molar-refractivity contribution in [1.82, 2.24) is 15.5 Å². The number of hydrogen-bond acceptors (Lipinski definition) is 5. The molecule has 2 heterocycles. The minimum atomic E-state index is 0.419. The van der Waals surface area contributed by atoms with Gasteiger partial charge in [-0.3, -0.25) is 0 Å². The highest BCUT2D eigenvalue weighted by Gasteiger charge is 2.23. The van der Waals surface area contributed by atoms with Crippen LogP contribution >= 0.6 is 0 Å². The molecule has 5 nitrogen and oxygen atoms in total. The third-order valence-corrected chi connectivity index (χ3v) is 3.27. The van der Waals surface area contributed by atoms with Crippen LogP contribution in [0.15, 0.2) is 12.3 Å². The average molecular weight is 245 g/mol. The molecule has 96 valence electrons. The maximum Gasteiger partial charge on any atom is 0.169 e. The van der Waals surface area contributed by atoms with Gasteiger partial charge in [0.1, 0.15) is 6.07 Å². The molecule has 5 heteroatoms. The van der Waals surface area contributed by atoms with E-state index in [1.807, 2.05) is 0 Å². The molecular weight excluding hydrogens is 226 g/mol. The first kappa shape index (κ1) is 12.8. The van der Waals surface area contributed by atoms with E-state index in [0.717, 1.165) is 38.3 Å². The van der Waals surface area contributed by atoms with E-state index < -0.39 is 0 Å². The molecule has 0 radical (unpaired) electrons. The number of nitrogens with one attached hydrogen (secondary N) is 1. The van der Waals surface area contributed by atoms with E-state index in [1.54, 1.807) is 12.3 Å². The van der Waals surface area contributed by atoms with E-state index in [0.29, 0.717) is 11.6 Å². The van der Waals surface area contributed by atoms with Crippen LogP contribution in [-0.4, -0.2) is 35.9 Å². The zero-order valence-corrected chi connectivity index (χ0v) is 10.8. The highest BCUT2D eigenvalue weighted by atomic mass is 15.3. The third-order valence-electron chi connectivity index (χ3n) is 3.27. The summed E-state index contributed by atoms with van der Waals surface area (Å²) >= 11 is 0. The first-order valence-corrected chi connectivity index (χ1v) is 6.56. The smallest absolute Gasteiger partial charge is 0.169 e. The van der Waals surface area contributed by atoms with E-state index in [9.17, 15) is 5.26 Å². The Hall–Kier alpha value is -1.67. The van der Waals surface area contributed by atoms with Gasteiger partial charge >= 0.3 is 0 Å². The van der Waals surface area contributed by atoms with Gasteiger partial charge in [-0.25, -0.2) is 0 Å². The number of piperidine rings is 1. The molecule has 0 aliphatic carbocycles. The molecule has 1 aromatic rings. The molecule has 1 aliphatic heterocycles. The summed E-state index contributed by atoms with van der Waals surface area (Å²) in [6.07, 6.45) is 4.94. The molecule has 18 heavy (non-hydrogen) atoms. The lowest BCUT2D eigenvalue weighted by molar-refractivity contribution is 0.428. The van der Waals surface area contributed by atoms with Crippen LogP contribution in [0.1, 0.15) is 31.7 Å². The van der Waals surface area contributed by atoms with Gasteiger partial charge < -0.3 is 10.2 Å². The Bertz CT molecular complexity index is 420. The summed E-state index contributed by atoms with van der Waals surface area (Å²) < 4.78 is 0. The van der Waals surface area contributed by atoms with Crippen LogP contribution < -0.4 is 10.2 Å². The molecule has 1 saturated heterocycles. The van der Waals surface area contributed by atoms with Crippen LogP contribution in [0.5, 0.6) is 0 Å². The van der Waals surface area contributed by atoms with Crippen LogP contribution in [0.25, 0.3) is 0 Å². The first-order chi connectivity index (χ1) is 8.86. The summed E-state index contributed by atoms with van der Waals surface area (Å²) in [5.41, 5.74) is 0.615. The quantitative estimate of drug-likeness (QED) is 0.866. The topological polar surface area (TPSA) is 64.8 Å². The second-order valence-corrected chi connectivity index (χ2v) is 4.57. The minimum absolute atomic E-state index is 0.419. The maximum atomic E-state index is 9.17. The molecular formula is C13H19N5. The number of hydrogen-bond donors (Lipinski definition) is 1. The molecule has 2 rings (SSSR count). The van der Waals surface area contributed by atoms with Crippen LogP contribution in [0, 0.1) is 11.3 Å². The molecule has 0 aromatic carbocycles. The summed E-state index contributed by atoms with van der Waals surface area (Å²) in [6.45, 7) is 5.11. The Labute approximate surface area is 108 Å². The number of anilines is 1. The lowest BCUT2D eigenvalue weighted by atomic mass is 10.0. The fourth-order valence-corrected chi connectivity index (χ4v) is 2.43. The van der Waals surface area contributed by atoms with Gasteiger partial charge in [0.25, 0.3) is 0 Å². The van der Waals surface area contributed by atoms with Gasteiger partial charge in [0.2, 0.25) is 0 Å². The van der Waals surface area contributed by atoms with Crippen LogP contribution in [0.2, 0.25) is 0 Å². The standard InChI is InChI=1S/C13H19N5/c1-2-8-18(12-4-3-6-15-10-12)13-11(9-14)5-7-16-17-13/h5,7,12,15H,2-4,6,8,10H2,1H3. The monoisotopic (exact) mass is 245 g/mol. The number of aromatic nitrogens is 2. The van der Waals surface area contributed by atoms with E-state index in [2.05, 4.69) is 33.4 Å². The van der Waals surface area contributed by atoms with Crippen molar-refractivity contribution in [3.8, 4) is 6.07 Å². The van der Waals surface area contributed by atoms with E-state index >= 15 is 0 Å². The van der Waals surface area contributed by atoms with Gasteiger partial charge in [0.05, 0.1) is 11.8 Å². The van der Waals surface area contributed by atoms with E-state index in [4.69, 9.17) is 0 Å². The molecule has 1 N–H and O–H groups in total. The molecule has 1 aliphatic rings. The molecule has 1 aromatic heterocycles. The SMILES string of the molecule is CCCN(c1nnccc1C#N)C1CCCNC1. The Morgan fingerprint density at radius 2 is 2.50 bits per heavy atom. The maximum absolute atomic E-state index is 9.17. The summed E-state index contributed by atoms with van der Waals surface area (Å²) in [7, 11) is 0. The fraction of sp³-hybridized carbons (Fsp3) is 0.615. The van der Waals surface area contributed by atoms with Gasteiger partial charge in [-0.2, -0.15) is 10.4 Å². The third kappa shape index (κ3) is 2.77. The van der Waals surface area contributed by atoms with Crippen molar-refractivity contribution in [2.45, 2.75) is 32.2 Å². The Kier molecular flexibility index (Phi) is 4.48. The minimum Gasteiger partial charge on any atom is -0.350 e. The summed E-state index contributed by atoms with van der Waals surface area (Å²) in [5.74, 6) is 0.732. The molecule has 0 spiro atoms. The predicted octanol–water partition coefficient (Wildman–Crippen LogP) is 1.32. The molecule has 0 amide bonds. The van der Waals surface area contributed by atoms with Crippen LogP contribution in [-0.2, 0) is 0 Å². The van der Waals surface area contributed by atoms with Gasteiger partial charge in [-0.1, -0.05) is 6.92 Å². The van der Waals surface area contributed by atoms with Gasteiger partial charge in [0, 0.05) is 19.1 Å². The number of nitrogens with zero attached hydrogens (tertiary/aromatic N) is 4. The van der Waals surface area contributed by atoms with Crippen molar-refractivity contribution in [2.24, 2.45) is 0 Å². The highest BCUT2D eigenvalue weighted by molar-refractivity contribution is 5.53. The predicted molar refractivity (Wildman–Crippen MR) is 70.3 cm³/mol. The summed E-state index contributed by atoms with van der Waals surface area (Å²) in [5, 5.41) is 20.7. The Morgan fingerprint density at radius 1 is 1.61 bits per heavy atom. The lowest BCUT2D eigenvalue weighted by Gasteiger charge is -2.35. The molecule has 1 unspecified atom stereocenters. The van der Waals surface area contributed by atoms with E-state index in [1.165, 1.54) is 6.42 Å². The molecule has 0 saturated carbocycles. The van der Waals surface area contributed by atoms with Crippen molar-refractivity contribution >= 4 is 5.82 Å². The number of nitriles is 1. The number of rotatable bonds is 4. The second-order valence-electron chi connectivity index (χ2n) is 4.57. The van der Waals surface area contributed by atoms with Gasteiger partial charge in [-0.05, 0) is 31.9 Å². The van der Waals surface area contributed by atoms with Crippen molar-refractivity contribution in [3.05, 3.63) is 17.8 Å². The zero-order valence-electron chi connectivity index (χ0n) is 10.8. The Balaban J connectivity index is 2.25. The average Bonchev–Trinajstić information content (AvgIpc) is 2.46. The zero-order chi connectivity index (χ0) is 12.8. The van der Waals surface area contributed by atoms with E-state index in [-0.39, 0.29) is 0 Å². The van der Waals surface area contributed by atoms with Crippen LogP contribution in [0.3, 0.4) is 0 Å². The molecule has 0 bridgehead atoms. The molecule has 1 atom stereocenters. The normalized spacial score (nSPS) is 19.2. The fourth-order valence-electron chi connectivity index (χ4n) is 2.43. The molecule has 1 fully saturated rings. The first-order valence-electron chi connectivity index (χ1n) is 6.56. The lowest BCUT2D eigenvalue weighted by Crippen LogP contribution is -2.47. The largest absolute Gasteiger partial charge is 0.350 e. The van der Waals surface area contributed by atoms with Crippen molar-refractivity contribution in [1.29, 1.82) is 5.26 Å². The second kappa shape index (κ2) is 6.31. The van der Waals surface area contributed by atoms with Gasteiger partial charge in [0.15, 0.2) is 5.82 Å². The van der Waals surface area contributed by atoms with Gasteiger partial charge in [-0.15, -0.1) is 5.10 Å². The summed E-state index contributed by atoms with van der Waals surface area (Å²) in [6, 6.07) is 4.37. The highest BCUT2D eigenvalue weighted by Crippen LogP contribution is 2.21.